The SMILES string of the molecule is CN(C)C(=O)CCNCc1cccc(F)c1. The molecule has 0 radical (unpaired) electrons. The average Bonchev–Trinajstić information content (AvgIpc) is 2.24. The van der Waals surface area contributed by atoms with Gasteiger partial charge >= 0.3 is 0 Å². The van der Waals surface area contributed by atoms with Crippen molar-refractivity contribution in [3.05, 3.63) is 35.6 Å². The van der Waals surface area contributed by atoms with Crippen LogP contribution in [-0.4, -0.2) is 31.4 Å². The van der Waals surface area contributed by atoms with Crippen LogP contribution in [0, 0.1) is 5.82 Å². The molecule has 16 heavy (non-hydrogen) atoms. The molecule has 1 aromatic carbocycles. The monoisotopic (exact) mass is 224 g/mol. The zero-order valence-corrected chi connectivity index (χ0v) is 9.66. The molecule has 0 unspecified atom stereocenters. The fourth-order valence-electron chi connectivity index (χ4n) is 1.30. The van der Waals surface area contributed by atoms with E-state index in [0.717, 1.165) is 5.56 Å². The molecule has 0 fully saturated rings. The second-order valence-corrected chi connectivity index (χ2v) is 3.84. The fraction of sp³-hybridized carbons (Fsp3) is 0.417. The maximum atomic E-state index is 12.8. The van der Waals surface area contributed by atoms with Crippen LogP contribution in [0.1, 0.15) is 12.0 Å². The van der Waals surface area contributed by atoms with Gasteiger partial charge in [0.2, 0.25) is 5.91 Å². The van der Waals surface area contributed by atoms with Crippen molar-refractivity contribution < 1.29 is 9.18 Å². The lowest BCUT2D eigenvalue weighted by Crippen LogP contribution is -2.26. The highest BCUT2D eigenvalue weighted by molar-refractivity contribution is 5.75. The zero-order valence-electron chi connectivity index (χ0n) is 9.66. The van der Waals surface area contributed by atoms with Gasteiger partial charge in [0.15, 0.2) is 0 Å². The first-order valence-corrected chi connectivity index (χ1v) is 5.25. The van der Waals surface area contributed by atoms with E-state index in [1.165, 1.54) is 12.1 Å². The van der Waals surface area contributed by atoms with E-state index in [-0.39, 0.29) is 11.7 Å². The van der Waals surface area contributed by atoms with E-state index in [1.54, 1.807) is 25.1 Å². The standard InChI is InChI=1S/C12H17FN2O/c1-15(2)12(16)6-7-14-9-10-4-3-5-11(13)8-10/h3-5,8,14H,6-7,9H2,1-2H3. The van der Waals surface area contributed by atoms with Gasteiger partial charge in [-0.3, -0.25) is 4.79 Å². The van der Waals surface area contributed by atoms with Crippen molar-refractivity contribution in [2.45, 2.75) is 13.0 Å². The molecule has 0 saturated heterocycles. The summed E-state index contributed by atoms with van der Waals surface area (Å²) in [5.41, 5.74) is 0.886. The molecule has 0 saturated carbocycles. The summed E-state index contributed by atoms with van der Waals surface area (Å²) < 4.78 is 12.8. The third-order valence-electron chi connectivity index (χ3n) is 2.23. The van der Waals surface area contributed by atoms with Crippen LogP contribution in [0.5, 0.6) is 0 Å². The second-order valence-electron chi connectivity index (χ2n) is 3.84. The van der Waals surface area contributed by atoms with Crippen molar-refractivity contribution in [2.24, 2.45) is 0 Å². The summed E-state index contributed by atoms with van der Waals surface area (Å²) in [6, 6.07) is 6.43. The maximum Gasteiger partial charge on any atom is 0.223 e. The molecule has 4 heteroatoms. The van der Waals surface area contributed by atoms with Crippen molar-refractivity contribution in [3.8, 4) is 0 Å². The number of rotatable bonds is 5. The highest BCUT2D eigenvalue weighted by atomic mass is 19.1. The molecule has 0 spiro atoms. The summed E-state index contributed by atoms with van der Waals surface area (Å²) >= 11 is 0. The molecular formula is C12H17FN2O. The Labute approximate surface area is 95.3 Å². The first-order chi connectivity index (χ1) is 7.59. The van der Waals surface area contributed by atoms with Crippen molar-refractivity contribution >= 4 is 5.91 Å². The Hall–Kier alpha value is -1.42. The molecule has 1 aromatic rings. The molecule has 0 aliphatic rings. The summed E-state index contributed by atoms with van der Waals surface area (Å²) in [5.74, 6) is -0.143. The quantitative estimate of drug-likeness (QED) is 0.767. The Bertz CT molecular complexity index is 353. The van der Waals surface area contributed by atoms with E-state index >= 15 is 0 Å². The second kappa shape index (κ2) is 6.23. The van der Waals surface area contributed by atoms with Crippen LogP contribution in [0.15, 0.2) is 24.3 Å². The van der Waals surface area contributed by atoms with E-state index in [2.05, 4.69) is 5.32 Å². The predicted molar refractivity (Wildman–Crippen MR) is 61.4 cm³/mol. The largest absolute Gasteiger partial charge is 0.349 e. The number of amides is 1. The average molecular weight is 224 g/mol. The number of hydrogen-bond acceptors (Lipinski definition) is 2. The highest BCUT2D eigenvalue weighted by Crippen LogP contribution is 2.02. The molecule has 0 aromatic heterocycles. The van der Waals surface area contributed by atoms with Crippen LogP contribution in [0.25, 0.3) is 0 Å². The molecule has 0 heterocycles. The minimum absolute atomic E-state index is 0.0896. The van der Waals surface area contributed by atoms with Crippen LogP contribution in [-0.2, 0) is 11.3 Å². The minimum Gasteiger partial charge on any atom is -0.349 e. The number of halogens is 1. The zero-order chi connectivity index (χ0) is 12.0. The van der Waals surface area contributed by atoms with Crippen LogP contribution >= 0.6 is 0 Å². The van der Waals surface area contributed by atoms with Gasteiger partial charge in [0, 0.05) is 33.6 Å². The lowest BCUT2D eigenvalue weighted by Gasteiger charge is -2.10. The van der Waals surface area contributed by atoms with E-state index in [0.29, 0.717) is 19.5 Å². The number of hydrogen-bond donors (Lipinski definition) is 1. The number of carbonyl (C=O) groups is 1. The smallest absolute Gasteiger partial charge is 0.223 e. The Kier molecular flexibility index (Phi) is 4.92. The first-order valence-electron chi connectivity index (χ1n) is 5.25. The van der Waals surface area contributed by atoms with Crippen LogP contribution < -0.4 is 5.32 Å². The molecule has 88 valence electrons. The molecule has 0 bridgehead atoms. The highest BCUT2D eigenvalue weighted by Gasteiger charge is 2.02. The summed E-state index contributed by atoms with van der Waals surface area (Å²) in [7, 11) is 3.46. The Morgan fingerprint density at radius 3 is 2.81 bits per heavy atom. The summed E-state index contributed by atoms with van der Waals surface area (Å²) in [6.45, 7) is 1.19. The molecule has 3 nitrogen and oxygen atoms in total. The van der Waals surface area contributed by atoms with Gasteiger partial charge in [0.05, 0.1) is 0 Å². The van der Waals surface area contributed by atoms with Crippen LogP contribution in [0.2, 0.25) is 0 Å². The maximum absolute atomic E-state index is 12.8. The number of carbonyl (C=O) groups excluding carboxylic acids is 1. The number of nitrogens with zero attached hydrogens (tertiary/aromatic N) is 1. The molecule has 0 atom stereocenters. The van der Waals surface area contributed by atoms with E-state index < -0.39 is 0 Å². The van der Waals surface area contributed by atoms with Crippen LogP contribution in [0.3, 0.4) is 0 Å². The van der Waals surface area contributed by atoms with Gasteiger partial charge in [-0.05, 0) is 17.7 Å². The summed E-state index contributed by atoms with van der Waals surface area (Å²) in [5, 5.41) is 3.10. The number of nitrogens with one attached hydrogen (secondary N) is 1. The normalized spacial score (nSPS) is 10.2. The molecule has 1 rings (SSSR count). The van der Waals surface area contributed by atoms with Crippen molar-refractivity contribution in [1.29, 1.82) is 0 Å². The Morgan fingerprint density at radius 1 is 1.44 bits per heavy atom. The lowest BCUT2D eigenvalue weighted by atomic mass is 10.2. The molecule has 0 aliphatic carbocycles. The molecular weight excluding hydrogens is 207 g/mol. The van der Waals surface area contributed by atoms with Gasteiger partial charge in [0.1, 0.15) is 5.82 Å². The van der Waals surface area contributed by atoms with E-state index in [4.69, 9.17) is 0 Å². The van der Waals surface area contributed by atoms with Gasteiger partial charge in [-0.25, -0.2) is 4.39 Å². The van der Waals surface area contributed by atoms with Crippen LogP contribution in [0.4, 0.5) is 4.39 Å². The third-order valence-corrected chi connectivity index (χ3v) is 2.23. The fourth-order valence-corrected chi connectivity index (χ4v) is 1.30. The summed E-state index contributed by atoms with van der Waals surface area (Å²) in [6.07, 6.45) is 0.461. The first kappa shape index (κ1) is 12.6. The van der Waals surface area contributed by atoms with E-state index in [9.17, 15) is 9.18 Å². The Morgan fingerprint density at radius 2 is 2.19 bits per heavy atom. The molecule has 1 N–H and O–H groups in total. The molecule has 1 amide bonds. The molecule has 0 aliphatic heterocycles. The van der Waals surface area contributed by atoms with E-state index in [1.807, 2.05) is 6.07 Å². The van der Waals surface area contributed by atoms with Gasteiger partial charge in [-0.1, -0.05) is 12.1 Å². The van der Waals surface area contributed by atoms with Gasteiger partial charge in [-0.2, -0.15) is 0 Å². The number of benzene rings is 1. The van der Waals surface area contributed by atoms with Crippen molar-refractivity contribution in [2.75, 3.05) is 20.6 Å². The third kappa shape index (κ3) is 4.40. The lowest BCUT2D eigenvalue weighted by molar-refractivity contribution is -0.128. The van der Waals surface area contributed by atoms with Gasteiger partial charge < -0.3 is 10.2 Å². The predicted octanol–water partition coefficient (Wildman–Crippen LogP) is 1.39. The summed E-state index contributed by atoms with van der Waals surface area (Å²) in [4.78, 5) is 12.8. The topological polar surface area (TPSA) is 32.3 Å². The van der Waals surface area contributed by atoms with Gasteiger partial charge in [0.25, 0.3) is 0 Å². The van der Waals surface area contributed by atoms with Crippen molar-refractivity contribution in [1.82, 2.24) is 10.2 Å². The Balaban J connectivity index is 2.23. The minimum atomic E-state index is -0.233. The van der Waals surface area contributed by atoms with Crippen molar-refractivity contribution in [3.63, 3.8) is 0 Å². The van der Waals surface area contributed by atoms with Gasteiger partial charge in [-0.15, -0.1) is 0 Å².